The van der Waals surface area contributed by atoms with Crippen LogP contribution in [0, 0.1) is 0 Å². The molecular weight excluding hydrogens is 466 g/mol. The molecule has 4 rings (SSSR count). The predicted octanol–water partition coefficient (Wildman–Crippen LogP) is 3.90. The van der Waals surface area contributed by atoms with Crippen molar-refractivity contribution in [3.05, 3.63) is 83.9 Å². The summed E-state index contributed by atoms with van der Waals surface area (Å²) < 4.78 is 33.3. The number of para-hydroxylation sites is 2. The molecule has 2 amide bonds. The fourth-order valence-electron chi connectivity index (χ4n) is 4.02. The first-order valence-electron chi connectivity index (χ1n) is 11.2. The van der Waals surface area contributed by atoms with E-state index >= 15 is 0 Å². The highest BCUT2D eigenvalue weighted by molar-refractivity contribution is 7.89. The number of carbonyl (C=O) groups is 2. The lowest BCUT2D eigenvalue weighted by atomic mass is 10.2. The third-order valence-corrected chi connectivity index (χ3v) is 7.70. The second kappa shape index (κ2) is 10.3. The minimum absolute atomic E-state index is 0.00554. The molecule has 0 unspecified atom stereocenters. The van der Waals surface area contributed by atoms with Crippen LogP contribution in [0.4, 0.5) is 11.4 Å². The first-order valence-corrected chi connectivity index (χ1v) is 12.6. The summed E-state index contributed by atoms with van der Waals surface area (Å²) in [6.45, 7) is 0.754. The van der Waals surface area contributed by atoms with Crippen LogP contribution in [0.5, 0.6) is 5.75 Å². The molecule has 1 heterocycles. The van der Waals surface area contributed by atoms with Crippen molar-refractivity contribution in [2.75, 3.05) is 30.9 Å². The van der Waals surface area contributed by atoms with Gasteiger partial charge < -0.3 is 15.0 Å². The molecule has 3 aromatic carbocycles. The van der Waals surface area contributed by atoms with Crippen molar-refractivity contribution in [3.8, 4) is 5.75 Å². The number of nitrogens with zero attached hydrogens (tertiary/aromatic N) is 2. The molecule has 1 N–H and O–H groups in total. The Morgan fingerprint density at radius 2 is 1.77 bits per heavy atom. The standard InChI is InChI=1S/C26H27N3O5S/c1-28(18-19-9-4-3-5-10-19)35(32,33)24-17-20(14-15-23(24)34-2)26(31)27-21-11-6-7-12-22(21)29-16-8-13-25(29)30/h3-7,9-12,14-15,17H,8,13,16,18H2,1-2H3,(H,27,31). The van der Waals surface area contributed by atoms with Crippen LogP contribution in [0.3, 0.4) is 0 Å². The van der Waals surface area contributed by atoms with E-state index in [1.165, 1.54) is 36.7 Å². The average molecular weight is 494 g/mol. The van der Waals surface area contributed by atoms with Gasteiger partial charge >= 0.3 is 0 Å². The highest BCUT2D eigenvalue weighted by Gasteiger charge is 2.27. The SMILES string of the molecule is COc1ccc(C(=O)Nc2ccccc2N2CCCC2=O)cc1S(=O)(=O)N(C)Cc1ccccc1. The second-order valence-corrected chi connectivity index (χ2v) is 10.2. The number of anilines is 2. The van der Waals surface area contributed by atoms with Crippen molar-refractivity contribution in [2.24, 2.45) is 0 Å². The smallest absolute Gasteiger partial charge is 0.255 e. The summed E-state index contributed by atoms with van der Waals surface area (Å²) in [4.78, 5) is 26.9. The molecule has 0 spiro atoms. The molecule has 0 radical (unpaired) electrons. The van der Waals surface area contributed by atoms with E-state index in [1.807, 2.05) is 30.3 Å². The fraction of sp³-hybridized carbons (Fsp3) is 0.231. The lowest BCUT2D eigenvalue weighted by molar-refractivity contribution is -0.117. The maximum absolute atomic E-state index is 13.4. The van der Waals surface area contributed by atoms with Crippen LogP contribution in [0.25, 0.3) is 0 Å². The molecule has 0 atom stereocenters. The van der Waals surface area contributed by atoms with Gasteiger partial charge in [0.05, 0.1) is 18.5 Å². The molecular formula is C26H27N3O5S. The highest BCUT2D eigenvalue weighted by atomic mass is 32.2. The van der Waals surface area contributed by atoms with E-state index in [2.05, 4.69) is 5.32 Å². The molecule has 0 saturated carbocycles. The summed E-state index contributed by atoms with van der Waals surface area (Å²) in [6, 6.07) is 20.6. The number of nitrogens with one attached hydrogen (secondary N) is 1. The summed E-state index contributed by atoms with van der Waals surface area (Å²) >= 11 is 0. The summed E-state index contributed by atoms with van der Waals surface area (Å²) in [5.74, 6) is -0.343. The zero-order valence-electron chi connectivity index (χ0n) is 19.6. The third kappa shape index (κ3) is 5.21. The van der Waals surface area contributed by atoms with Gasteiger partial charge in [0.15, 0.2) is 0 Å². The van der Waals surface area contributed by atoms with Gasteiger partial charge in [-0.15, -0.1) is 0 Å². The monoisotopic (exact) mass is 493 g/mol. The van der Waals surface area contributed by atoms with Crippen LogP contribution in [0.1, 0.15) is 28.8 Å². The average Bonchev–Trinajstić information content (AvgIpc) is 3.30. The van der Waals surface area contributed by atoms with Gasteiger partial charge in [0, 0.05) is 32.1 Å². The van der Waals surface area contributed by atoms with Gasteiger partial charge in [0.1, 0.15) is 10.6 Å². The maximum Gasteiger partial charge on any atom is 0.255 e. The third-order valence-electron chi connectivity index (χ3n) is 5.88. The quantitative estimate of drug-likeness (QED) is 0.514. The topological polar surface area (TPSA) is 96.0 Å². The number of amides is 2. The van der Waals surface area contributed by atoms with Crippen LogP contribution in [-0.2, 0) is 21.4 Å². The van der Waals surface area contributed by atoms with E-state index in [0.29, 0.717) is 24.3 Å². The Balaban J connectivity index is 1.62. The molecule has 1 aliphatic heterocycles. The van der Waals surface area contributed by atoms with Crippen LogP contribution in [0.2, 0.25) is 0 Å². The Hall–Kier alpha value is -3.69. The van der Waals surface area contributed by atoms with Crippen LogP contribution >= 0.6 is 0 Å². The normalized spacial score (nSPS) is 13.8. The molecule has 0 aromatic heterocycles. The van der Waals surface area contributed by atoms with E-state index in [-0.39, 0.29) is 28.7 Å². The second-order valence-electron chi connectivity index (χ2n) is 8.23. The number of methoxy groups -OCH3 is 1. The summed E-state index contributed by atoms with van der Waals surface area (Å²) in [5.41, 5.74) is 2.08. The molecule has 35 heavy (non-hydrogen) atoms. The van der Waals surface area contributed by atoms with Crippen LogP contribution in [0.15, 0.2) is 77.7 Å². The Bertz CT molecular complexity index is 1340. The molecule has 1 aliphatic rings. The van der Waals surface area contributed by atoms with E-state index in [1.54, 1.807) is 29.2 Å². The van der Waals surface area contributed by atoms with Gasteiger partial charge in [-0.1, -0.05) is 42.5 Å². The van der Waals surface area contributed by atoms with E-state index in [9.17, 15) is 18.0 Å². The molecule has 0 aliphatic carbocycles. The van der Waals surface area contributed by atoms with Crippen molar-refractivity contribution in [2.45, 2.75) is 24.3 Å². The van der Waals surface area contributed by atoms with Crippen molar-refractivity contribution < 1.29 is 22.7 Å². The molecule has 9 heteroatoms. The molecule has 3 aromatic rings. The van der Waals surface area contributed by atoms with Gasteiger partial charge in [-0.25, -0.2) is 8.42 Å². The number of hydrogen-bond donors (Lipinski definition) is 1. The number of hydrogen-bond acceptors (Lipinski definition) is 5. The summed E-state index contributed by atoms with van der Waals surface area (Å²) in [6.07, 6.45) is 1.23. The van der Waals surface area contributed by atoms with Crippen molar-refractivity contribution in [1.82, 2.24) is 4.31 Å². The van der Waals surface area contributed by atoms with Crippen LogP contribution < -0.4 is 15.0 Å². The first kappa shape index (κ1) is 24.4. The van der Waals surface area contributed by atoms with Crippen molar-refractivity contribution in [3.63, 3.8) is 0 Å². The number of sulfonamides is 1. The van der Waals surface area contributed by atoms with Crippen molar-refractivity contribution >= 4 is 33.2 Å². The number of ether oxygens (including phenoxy) is 1. The number of carbonyl (C=O) groups excluding carboxylic acids is 2. The maximum atomic E-state index is 13.4. The molecule has 8 nitrogen and oxygen atoms in total. The fourth-order valence-corrected chi connectivity index (χ4v) is 5.36. The number of benzene rings is 3. The Labute approximate surface area is 205 Å². The zero-order chi connectivity index (χ0) is 25.0. The van der Waals surface area contributed by atoms with Gasteiger partial charge in [-0.2, -0.15) is 4.31 Å². The van der Waals surface area contributed by atoms with E-state index in [0.717, 1.165) is 12.0 Å². The molecule has 182 valence electrons. The van der Waals surface area contributed by atoms with E-state index in [4.69, 9.17) is 4.74 Å². The lowest BCUT2D eigenvalue weighted by Crippen LogP contribution is -2.27. The molecule has 1 saturated heterocycles. The van der Waals surface area contributed by atoms with Crippen molar-refractivity contribution in [1.29, 1.82) is 0 Å². The van der Waals surface area contributed by atoms with Gasteiger partial charge in [0.25, 0.3) is 5.91 Å². The minimum Gasteiger partial charge on any atom is -0.495 e. The zero-order valence-corrected chi connectivity index (χ0v) is 20.4. The first-order chi connectivity index (χ1) is 16.8. The highest BCUT2D eigenvalue weighted by Crippen LogP contribution is 2.31. The molecule has 1 fully saturated rings. The van der Waals surface area contributed by atoms with Gasteiger partial charge in [-0.05, 0) is 42.3 Å². The Morgan fingerprint density at radius 3 is 2.46 bits per heavy atom. The van der Waals surface area contributed by atoms with Crippen LogP contribution in [-0.4, -0.2) is 45.2 Å². The number of rotatable bonds is 8. The Morgan fingerprint density at radius 1 is 1.06 bits per heavy atom. The van der Waals surface area contributed by atoms with Gasteiger partial charge in [0.2, 0.25) is 15.9 Å². The summed E-state index contributed by atoms with van der Waals surface area (Å²) in [5, 5.41) is 2.83. The molecule has 0 bridgehead atoms. The minimum atomic E-state index is -3.96. The van der Waals surface area contributed by atoms with Gasteiger partial charge in [-0.3, -0.25) is 9.59 Å². The summed E-state index contributed by atoms with van der Waals surface area (Å²) in [7, 11) is -1.09. The largest absolute Gasteiger partial charge is 0.495 e. The Kier molecular flexibility index (Phi) is 7.18. The van der Waals surface area contributed by atoms with E-state index < -0.39 is 15.9 Å². The predicted molar refractivity (Wildman–Crippen MR) is 134 cm³/mol. The lowest BCUT2D eigenvalue weighted by Gasteiger charge is -2.21.